The van der Waals surface area contributed by atoms with Crippen LogP contribution in [0.2, 0.25) is 0 Å². The minimum atomic E-state index is -0.653. The molecule has 2 atom stereocenters. The molecule has 2 saturated carbocycles. The third-order valence-electron chi connectivity index (χ3n) is 9.02. The predicted octanol–water partition coefficient (Wildman–Crippen LogP) is 9.13. The van der Waals surface area contributed by atoms with Gasteiger partial charge >= 0.3 is 0 Å². The van der Waals surface area contributed by atoms with Gasteiger partial charge in [-0.2, -0.15) is 0 Å². The van der Waals surface area contributed by atoms with Crippen LogP contribution in [0.3, 0.4) is 0 Å². The second kappa shape index (κ2) is 10.6. The second-order valence-corrected chi connectivity index (χ2v) is 10.9. The molecule has 0 amide bonds. The maximum absolute atomic E-state index is 14.4. The summed E-state index contributed by atoms with van der Waals surface area (Å²) in [7, 11) is 0. The average molecular weight is 429 g/mol. The lowest BCUT2D eigenvalue weighted by Crippen LogP contribution is -2.26. The molecule has 0 aromatic heterocycles. The lowest BCUT2D eigenvalue weighted by atomic mass is 9.67. The van der Waals surface area contributed by atoms with E-state index >= 15 is 0 Å². The average Bonchev–Trinajstić information content (AvgIpc) is 2.82. The Balaban J connectivity index is 1.25. The lowest BCUT2D eigenvalue weighted by Gasteiger charge is -2.38. The number of hydrogen-bond acceptors (Lipinski definition) is 0. The van der Waals surface area contributed by atoms with Crippen LogP contribution in [0.15, 0.2) is 24.3 Å². The highest BCUT2D eigenvalue weighted by Gasteiger charge is 2.33. The molecule has 0 aliphatic heterocycles. The van der Waals surface area contributed by atoms with Crippen molar-refractivity contribution in [2.24, 2.45) is 29.6 Å². The fraction of sp³-hybridized carbons (Fsp3) is 0.724. The summed E-state index contributed by atoms with van der Waals surface area (Å²) in [6.45, 7) is 3.95. The first-order chi connectivity index (χ1) is 15.1. The van der Waals surface area contributed by atoms with Gasteiger partial charge in [0.05, 0.1) is 0 Å². The zero-order chi connectivity index (χ0) is 21.8. The molecule has 2 heteroatoms. The van der Waals surface area contributed by atoms with Crippen LogP contribution in [-0.2, 0) is 0 Å². The summed E-state index contributed by atoms with van der Waals surface area (Å²) in [4.78, 5) is 0. The fourth-order valence-corrected chi connectivity index (χ4v) is 6.88. The standard InChI is InChI=1S/C29H42F2/c1-3-4-5-21-7-9-22(10-8-21)23-11-13-24(14-12-23)25-15-17-26(18-16-25)27-19-6-20(2)28(30)29(27)31/h6,11,13,19,21-26H,3-5,7-10,12,14-18H2,1-2H3. The quantitative estimate of drug-likeness (QED) is 0.396. The first-order valence-corrected chi connectivity index (χ1v) is 13.2. The Morgan fingerprint density at radius 1 is 0.742 bits per heavy atom. The molecule has 3 aliphatic rings. The first-order valence-electron chi connectivity index (χ1n) is 13.2. The molecular formula is C29H42F2. The molecule has 1 aromatic carbocycles. The monoisotopic (exact) mass is 428 g/mol. The lowest BCUT2D eigenvalue weighted by molar-refractivity contribution is 0.186. The summed E-state index contributed by atoms with van der Waals surface area (Å²) in [6, 6.07) is 3.56. The highest BCUT2D eigenvalue weighted by molar-refractivity contribution is 5.28. The number of hydrogen-bond donors (Lipinski definition) is 0. The van der Waals surface area contributed by atoms with Gasteiger partial charge in [0.25, 0.3) is 0 Å². The Morgan fingerprint density at radius 2 is 1.32 bits per heavy atom. The maximum atomic E-state index is 14.4. The Hall–Kier alpha value is -1.18. The van der Waals surface area contributed by atoms with Crippen molar-refractivity contribution < 1.29 is 8.78 Å². The van der Waals surface area contributed by atoms with Crippen molar-refractivity contribution in [2.45, 2.75) is 103 Å². The Kier molecular flexibility index (Phi) is 7.88. The van der Waals surface area contributed by atoms with Gasteiger partial charge in [-0.05, 0) is 105 Å². The van der Waals surface area contributed by atoms with E-state index in [9.17, 15) is 8.78 Å². The van der Waals surface area contributed by atoms with Crippen LogP contribution in [0, 0.1) is 48.1 Å². The van der Waals surface area contributed by atoms with Crippen LogP contribution in [0.4, 0.5) is 8.78 Å². The zero-order valence-corrected chi connectivity index (χ0v) is 19.7. The van der Waals surface area contributed by atoms with Gasteiger partial charge in [0, 0.05) is 0 Å². The third-order valence-corrected chi connectivity index (χ3v) is 9.02. The van der Waals surface area contributed by atoms with E-state index in [4.69, 9.17) is 0 Å². The number of halogens is 2. The van der Waals surface area contributed by atoms with Gasteiger partial charge < -0.3 is 0 Å². The van der Waals surface area contributed by atoms with Crippen molar-refractivity contribution >= 4 is 0 Å². The van der Waals surface area contributed by atoms with E-state index in [1.54, 1.807) is 13.0 Å². The van der Waals surface area contributed by atoms with Crippen LogP contribution < -0.4 is 0 Å². The fourth-order valence-electron chi connectivity index (χ4n) is 6.88. The van der Waals surface area contributed by atoms with Crippen molar-refractivity contribution in [3.05, 3.63) is 47.0 Å². The molecule has 1 aromatic rings. The van der Waals surface area contributed by atoms with E-state index in [1.165, 1.54) is 57.8 Å². The van der Waals surface area contributed by atoms with E-state index in [0.29, 0.717) is 17.0 Å². The molecule has 0 radical (unpaired) electrons. The van der Waals surface area contributed by atoms with E-state index < -0.39 is 11.6 Å². The van der Waals surface area contributed by atoms with Crippen LogP contribution >= 0.6 is 0 Å². The van der Waals surface area contributed by atoms with Crippen molar-refractivity contribution in [3.63, 3.8) is 0 Å². The molecule has 172 valence electrons. The van der Waals surface area contributed by atoms with E-state index in [2.05, 4.69) is 19.1 Å². The molecule has 0 nitrogen and oxygen atoms in total. The van der Waals surface area contributed by atoms with Gasteiger partial charge in [-0.15, -0.1) is 0 Å². The molecule has 0 spiro atoms. The first kappa shape index (κ1) is 23.0. The molecule has 4 rings (SSSR count). The van der Waals surface area contributed by atoms with E-state index in [0.717, 1.165) is 49.4 Å². The van der Waals surface area contributed by atoms with Crippen molar-refractivity contribution in [2.75, 3.05) is 0 Å². The number of unbranched alkanes of at least 4 members (excludes halogenated alkanes) is 1. The van der Waals surface area contributed by atoms with Crippen LogP contribution in [0.25, 0.3) is 0 Å². The van der Waals surface area contributed by atoms with Crippen molar-refractivity contribution in [1.29, 1.82) is 0 Å². The molecule has 0 bridgehead atoms. The second-order valence-electron chi connectivity index (χ2n) is 10.9. The minimum absolute atomic E-state index is 0.189. The summed E-state index contributed by atoms with van der Waals surface area (Å²) < 4.78 is 28.4. The molecule has 0 N–H and O–H groups in total. The molecule has 0 saturated heterocycles. The molecule has 31 heavy (non-hydrogen) atoms. The highest BCUT2D eigenvalue weighted by Crippen LogP contribution is 2.45. The van der Waals surface area contributed by atoms with Gasteiger partial charge in [-0.1, -0.05) is 63.3 Å². The predicted molar refractivity (Wildman–Crippen MR) is 126 cm³/mol. The summed E-state index contributed by atoms with van der Waals surface area (Å²) in [5.41, 5.74) is 1.02. The molecular weight excluding hydrogens is 386 g/mol. The highest BCUT2D eigenvalue weighted by atomic mass is 19.2. The Labute approximate surface area is 188 Å². The molecule has 0 heterocycles. The number of rotatable bonds is 6. The summed E-state index contributed by atoms with van der Waals surface area (Å²) >= 11 is 0. The SMILES string of the molecule is CCCCC1CCC(C2C=CC(C3CCC(c4ccc(C)c(F)c4F)CC3)CC2)CC1. The molecule has 2 fully saturated rings. The van der Waals surface area contributed by atoms with Crippen molar-refractivity contribution in [1.82, 2.24) is 0 Å². The largest absolute Gasteiger partial charge is 0.203 e. The van der Waals surface area contributed by atoms with E-state index in [1.807, 2.05) is 6.07 Å². The topological polar surface area (TPSA) is 0 Å². The van der Waals surface area contributed by atoms with Crippen LogP contribution in [0.1, 0.15) is 107 Å². The van der Waals surface area contributed by atoms with Crippen LogP contribution in [-0.4, -0.2) is 0 Å². The molecule has 2 unspecified atom stereocenters. The molecule has 3 aliphatic carbocycles. The summed E-state index contributed by atoms with van der Waals surface area (Å²) in [5.74, 6) is 3.10. The minimum Gasteiger partial charge on any atom is -0.203 e. The van der Waals surface area contributed by atoms with Crippen molar-refractivity contribution in [3.8, 4) is 0 Å². The summed E-state index contributed by atoms with van der Waals surface area (Å²) in [5, 5.41) is 0. The van der Waals surface area contributed by atoms with Gasteiger partial charge in [0.15, 0.2) is 11.6 Å². The maximum Gasteiger partial charge on any atom is 0.162 e. The third kappa shape index (κ3) is 5.42. The van der Waals surface area contributed by atoms with Crippen LogP contribution in [0.5, 0.6) is 0 Å². The smallest absolute Gasteiger partial charge is 0.162 e. The van der Waals surface area contributed by atoms with E-state index in [-0.39, 0.29) is 5.92 Å². The number of aryl methyl sites for hydroxylation is 1. The summed E-state index contributed by atoms with van der Waals surface area (Å²) in [6.07, 6.45) is 22.1. The van der Waals surface area contributed by atoms with Gasteiger partial charge in [-0.3, -0.25) is 0 Å². The normalized spacial score (nSPS) is 34.1. The van der Waals surface area contributed by atoms with Gasteiger partial charge in [0.1, 0.15) is 0 Å². The van der Waals surface area contributed by atoms with Gasteiger partial charge in [-0.25, -0.2) is 8.78 Å². The number of allylic oxidation sites excluding steroid dienone is 2. The zero-order valence-electron chi connectivity index (χ0n) is 19.7. The van der Waals surface area contributed by atoms with Gasteiger partial charge in [0.2, 0.25) is 0 Å². The Morgan fingerprint density at radius 3 is 1.87 bits per heavy atom. The number of benzene rings is 1. The Bertz CT molecular complexity index is 735.